The number of halogens is 1. The number of hydrogen-bond acceptors (Lipinski definition) is 1. The maximum atomic E-state index is 13.0. The lowest BCUT2D eigenvalue weighted by atomic mass is 10.0. The Balaban J connectivity index is 2.47. The first kappa shape index (κ1) is 7.28. The molecule has 1 aliphatic heterocycles. The van der Waals surface area contributed by atoms with Crippen LogP contribution in [0.2, 0.25) is 0 Å². The summed E-state index contributed by atoms with van der Waals surface area (Å²) in [6.07, 6.45) is -0.273. The van der Waals surface area contributed by atoms with Gasteiger partial charge in [-0.2, -0.15) is 0 Å². The van der Waals surface area contributed by atoms with Crippen molar-refractivity contribution < 1.29 is 9.18 Å². The van der Waals surface area contributed by atoms with E-state index in [1.54, 1.807) is 24.3 Å². The van der Waals surface area contributed by atoms with Gasteiger partial charge in [-0.1, -0.05) is 24.3 Å². The summed E-state index contributed by atoms with van der Waals surface area (Å²) >= 11 is 0. The zero-order valence-electron chi connectivity index (χ0n) is 6.30. The zero-order valence-corrected chi connectivity index (χ0v) is 6.30. The Morgan fingerprint density at radius 2 is 2.08 bits per heavy atom. The average Bonchev–Trinajstić information content (AvgIpc) is 2.04. The van der Waals surface area contributed by atoms with E-state index >= 15 is 0 Å². The van der Waals surface area contributed by atoms with Crippen LogP contribution < -0.4 is 5.32 Å². The summed E-state index contributed by atoms with van der Waals surface area (Å²) in [6.45, 7) is 0. The molecular weight excluding hydrogens is 157 g/mol. The molecular formula is C9H7FNO. The number of amides is 1. The van der Waals surface area contributed by atoms with Gasteiger partial charge in [0.1, 0.15) is 0 Å². The molecule has 0 saturated heterocycles. The lowest BCUT2D eigenvalue weighted by molar-refractivity contribution is -0.121. The fraction of sp³-hybridized carbons (Fsp3) is 0.111. The number of carbonyl (C=O) groups excluding carboxylic acids is 1. The van der Waals surface area contributed by atoms with Crippen LogP contribution in [-0.2, 0) is 11.2 Å². The SMILES string of the molecule is O=C1Cc2ccccc2[C](F)N1. The van der Waals surface area contributed by atoms with Crippen LogP contribution in [0.5, 0.6) is 0 Å². The summed E-state index contributed by atoms with van der Waals surface area (Å²) in [4.78, 5) is 10.9. The van der Waals surface area contributed by atoms with E-state index in [-0.39, 0.29) is 12.3 Å². The van der Waals surface area contributed by atoms with E-state index in [0.717, 1.165) is 5.56 Å². The minimum Gasteiger partial charge on any atom is -0.315 e. The highest BCUT2D eigenvalue weighted by molar-refractivity contribution is 5.83. The number of benzene rings is 1. The second kappa shape index (κ2) is 2.59. The van der Waals surface area contributed by atoms with E-state index in [0.29, 0.717) is 5.56 Å². The minimum atomic E-state index is -0.540. The molecule has 0 aromatic heterocycles. The Morgan fingerprint density at radius 3 is 2.92 bits per heavy atom. The van der Waals surface area contributed by atoms with Gasteiger partial charge >= 0.3 is 0 Å². The molecule has 0 aliphatic carbocycles. The number of hydrogen-bond donors (Lipinski definition) is 1. The largest absolute Gasteiger partial charge is 0.315 e. The first-order valence-electron chi connectivity index (χ1n) is 3.68. The first-order chi connectivity index (χ1) is 5.77. The summed E-state index contributed by atoms with van der Waals surface area (Å²) in [7, 11) is 0. The van der Waals surface area contributed by atoms with Crippen molar-refractivity contribution in [2.24, 2.45) is 0 Å². The second-order valence-corrected chi connectivity index (χ2v) is 2.70. The Kier molecular flexibility index (Phi) is 1.57. The predicted octanol–water partition coefficient (Wildman–Crippen LogP) is 1.17. The Labute approximate surface area is 69.4 Å². The van der Waals surface area contributed by atoms with Crippen LogP contribution in [0, 0.1) is 6.30 Å². The molecule has 61 valence electrons. The number of nitrogens with one attached hydrogen (secondary N) is 1. The Morgan fingerprint density at radius 1 is 1.33 bits per heavy atom. The highest BCUT2D eigenvalue weighted by Crippen LogP contribution is 2.22. The molecule has 1 radical (unpaired) electrons. The van der Waals surface area contributed by atoms with Gasteiger partial charge in [0.2, 0.25) is 5.91 Å². The Hall–Kier alpha value is -1.38. The summed E-state index contributed by atoms with van der Waals surface area (Å²) in [5.41, 5.74) is 1.25. The average molecular weight is 164 g/mol. The molecule has 2 rings (SSSR count). The molecule has 1 heterocycles. The molecule has 0 fully saturated rings. The van der Waals surface area contributed by atoms with Crippen LogP contribution in [0.3, 0.4) is 0 Å². The monoisotopic (exact) mass is 164 g/mol. The Bertz CT molecular complexity index is 324. The molecule has 2 nitrogen and oxygen atoms in total. The maximum absolute atomic E-state index is 13.0. The molecule has 0 unspecified atom stereocenters. The highest BCUT2D eigenvalue weighted by Gasteiger charge is 2.24. The quantitative estimate of drug-likeness (QED) is 0.573. The van der Waals surface area contributed by atoms with Crippen LogP contribution in [0.15, 0.2) is 24.3 Å². The van der Waals surface area contributed by atoms with E-state index in [2.05, 4.69) is 5.32 Å². The number of fused-ring (bicyclic) bond motifs is 1. The first-order valence-corrected chi connectivity index (χ1v) is 3.68. The molecule has 1 aliphatic rings. The highest BCUT2D eigenvalue weighted by atomic mass is 19.1. The van der Waals surface area contributed by atoms with Crippen molar-refractivity contribution in [3.8, 4) is 0 Å². The summed E-state index contributed by atoms with van der Waals surface area (Å²) in [5, 5.41) is 2.15. The molecule has 0 atom stereocenters. The van der Waals surface area contributed by atoms with Crippen molar-refractivity contribution >= 4 is 5.91 Å². The van der Waals surface area contributed by atoms with Gasteiger partial charge in [0.25, 0.3) is 6.30 Å². The van der Waals surface area contributed by atoms with Gasteiger partial charge < -0.3 is 5.32 Å². The van der Waals surface area contributed by atoms with Crippen molar-refractivity contribution in [1.82, 2.24) is 5.32 Å². The van der Waals surface area contributed by atoms with Crippen molar-refractivity contribution in [1.29, 1.82) is 0 Å². The standard InChI is InChI=1S/C9H7FNO/c10-9-7-4-2-1-3-6(7)5-8(12)11-9/h1-4H,5H2,(H,11,12). The smallest absolute Gasteiger partial charge is 0.266 e. The molecule has 12 heavy (non-hydrogen) atoms. The van der Waals surface area contributed by atoms with Crippen molar-refractivity contribution in [3.63, 3.8) is 0 Å². The third-order valence-corrected chi connectivity index (χ3v) is 1.85. The lowest BCUT2D eigenvalue weighted by Gasteiger charge is -2.18. The van der Waals surface area contributed by atoms with Crippen LogP contribution in [0.25, 0.3) is 0 Å². The molecule has 1 amide bonds. The molecule has 1 aromatic carbocycles. The van der Waals surface area contributed by atoms with Gasteiger partial charge in [0.15, 0.2) is 0 Å². The topological polar surface area (TPSA) is 29.1 Å². The van der Waals surface area contributed by atoms with Gasteiger partial charge in [0.05, 0.1) is 6.42 Å². The van der Waals surface area contributed by atoms with Gasteiger partial charge in [-0.3, -0.25) is 4.79 Å². The fourth-order valence-electron chi connectivity index (χ4n) is 1.30. The normalized spacial score (nSPS) is 16.9. The minimum absolute atomic E-state index is 0.267. The third-order valence-electron chi connectivity index (χ3n) is 1.85. The van der Waals surface area contributed by atoms with Gasteiger partial charge in [-0.05, 0) is 5.56 Å². The van der Waals surface area contributed by atoms with Crippen LogP contribution in [-0.4, -0.2) is 5.91 Å². The van der Waals surface area contributed by atoms with Crippen molar-refractivity contribution in [2.45, 2.75) is 6.42 Å². The lowest BCUT2D eigenvalue weighted by Crippen LogP contribution is -2.33. The van der Waals surface area contributed by atoms with E-state index in [4.69, 9.17) is 0 Å². The van der Waals surface area contributed by atoms with E-state index in [9.17, 15) is 9.18 Å². The third kappa shape index (κ3) is 1.07. The maximum Gasteiger partial charge on any atom is 0.266 e. The van der Waals surface area contributed by atoms with Gasteiger partial charge in [0, 0.05) is 5.56 Å². The van der Waals surface area contributed by atoms with E-state index in [1.165, 1.54) is 0 Å². The molecule has 1 N–H and O–H groups in total. The molecule has 0 saturated carbocycles. The number of carbonyl (C=O) groups is 1. The second-order valence-electron chi connectivity index (χ2n) is 2.70. The van der Waals surface area contributed by atoms with Gasteiger partial charge in [-0.15, -0.1) is 0 Å². The summed E-state index contributed by atoms with van der Waals surface area (Å²) < 4.78 is 13.0. The van der Waals surface area contributed by atoms with Crippen LogP contribution >= 0.6 is 0 Å². The van der Waals surface area contributed by atoms with E-state index in [1.807, 2.05) is 0 Å². The fourth-order valence-corrected chi connectivity index (χ4v) is 1.30. The molecule has 3 heteroatoms. The summed E-state index contributed by atoms with van der Waals surface area (Å²) in [6, 6.07) is 6.96. The number of rotatable bonds is 0. The predicted molar refractivity (Wildman–Crippen MR) is 41.7 cm³/mol. The van der Waals surface area contributed by atoms with Crippen LogP contribution in [0.4, 0.5) is 4.39 Å². The molecule has 1 aromatic rings. The molecule has 0 bridgehead atoms. The zero-order chi connectivity index (χ0) is 8.55. The van der Waals surface area contributed by atoms with Crippen molar-refractivity contribution in [2.75, 3.05) is 0 Å². The van der Waals surface area contributed by atoms with Crippen LogP contribution in [0.1, 0.15) is 11.1 Å². The molecule has 0 spiro atoms. The van der Waals surface area contributed by atoms with Crippen molar-refractivity contribution in [3.05, 3.63) is 41.7 Å². The summed E-state index contributed by atoms with van der Waals surface area (Å²) in [5.74, 6) is -0.286. The van der Waals surface area contributed by atoms with E-state index < -0.39 is 6.30 Å². The van der Waals surface area contributed by atoms with Gasteiger partial charge in [-0.25, -0.2) is 4.39 Å².